The molecule has 1 saturated heterocycles. The summed E-state index contributed by atoms with van der Waals surface area (Å²) in [6.45, 7) is 8.37. The predicted octanol–water partition coefficient (Wildman–Crippen LogP) is 1.87. The molecule has 2 atom stereocenters. The lowest BCUT2D eigenvalue weighted by molar-refractivity contribution is 0.129. The van der Waals surface area contributed by atoms with Crippen LogP contribution in [0.4, 0.5) is 0 Å². The van der Waals surface area contributed by atoms with E-state index in [1.807, 2.05) is 0 Å². The van der Waals surface area contributed by atoms with Crippen molar-refractivity contribution in [1.82, 2.24) is 9.80 Å². The van der Waals surface area contributed by atoms with Crippen molar-refractivity contribution >= 4 is 0 Å². The second-order valence-electron chi connectivity index (χ2n) is 5.61. The topological polar surface area (TPSA) is 45.6 Å². The molecule has 0 saturated carbocycles. The standard InChI is InChI=1S/C15H27N3O/c1-4-13-6-7-15(19-13)14(10-16)18-9-5-8-17(3)11-12(18)2/h6-7,12,14H,4-5,8-11,16H2,1-3H3. The Labute approximate surface area is 116 Å². The van der Waals surface area contributed by atoms with Crippen molar-refractivity contribution in [2.75, 3.05) is 33.2 Å². The summed E-state index contributed by atoms with van der Waals surface area (Å²) in [5.41, 5.74) is 6.02. The van der Waals surface area contributed by atoms with Gasteiger partial charge in [-0.05, 0) is 39.1 Å². The summed E-state index contributed by atoms with van der Waals surface area (Å²) >= 11 is 0. The van der Waals surface area contributed by atoms with Gasteiger partial charge in [0.05, 0.1) is 6.04 Å². The normalized spacial score (nSPS) is 24.3. The van der Waals surface area contributed by atoms with E-state index in [2.05, 4.69) is 42.8 Å². The van der Waals surface area contributed by atoms with Crippen LogP contribution in [0.25, 0.3) is 0 Å². The fraction of sp³-hybridized carbons (Fsp3) is 0.733. The number of furan rings is 1. The molecular formula is C15H27N3O. The molecule has 1 fully saturated rings. The van der Waals surface area contributed by atoms with Gasteiger partial charge in [-0.25, -0.2) is 0 Å². The molecular weight excluding hydrogens is 238 g/mol. The molecule has 1 aliphatic rings. The Bertz CT molecular complexity index is 390. The van der Waals surface area contributed by atoms with E-state index >= 15 is 0 Å². The maximum absolute atomic E-state index is 6.02. The molecule has 0 amide bonds. The molecule has 108 valence electrons. The summed E-state index contributed by atoms with van der Waals surface area (Å²) in [6.07, 6.45) is 2.13. The summed E-state index contributed by atoms with van der Waals surface area (Å²) in [7, 11) is 2.19. The Balaban J connectivity index is 2.15. The van der Waals surface area contributed by atoms with E-state index in [1.165, 1.54) is 6.42 Å². The number of nitrogens with zero attached hydrogens (tertiary/aromatic N) is 2. The third-order valence-corrected chi connectivity index (χ3v) is 4.08. The first kappa shape index (κ1) is 14.6. The lowest BCUT2D eigenvalue weighted by Gasteiger charge is -2.33. The maximum Gasteiger partial charge on any atom is 0.122 e. The zero-order valence-corrected chi connectivity index (χ0v) is 12.4. The van der Waals surface area contributed by atoms with Crippen LogP contribution in [-0.4, -0.2) is 49.1 Å². The van der Waals surface area contributed by atoms with E-state index in [0.29, 0.717) is 12.6 Å². The largest absolute Gasteiger partial charge is 0.464 e. The van der Waals surface area contributed by atoms with Gasteiger partial charge in [0, 0.05) is 32.1 Å². The Morgan fingerprint density at radius 1 is 1.42 bits per heavy atom. The molecule has 4 nitrogen and oxygen atoms in total. The predicted molar refractivity (Wildman–Crippen MR) is 78.2 cm³/mol. The zero-order chi connectivity index (χ0) is 13.8. The summed E-state index contributed by atoms with van der Waals surface area (Å²) in [4.78, 5) is 4.90. The van der Waals surface area contributed by atoms with Crippen molar-refractivity contribution in [1.29, 1.82) is 0 Å². The van der Waals surface area contributed by atoms with E-state index in [4.69, 9.17) is 10.2 Å². The van der Waals surface area contributed by atoms with E-state index in [-0.39, 0.29) is 6.04 Å². The molecule has 0 radical (unpaired) electrons. The van der Waals surface area contributed by atoms with Crippen molar-refractivity contribution in [3.05, 3.63) is 23.7 Å². The molecule has 1 aromatic heterocycles. The van der Waals surface area contributed by atoms with Gasteiger partial charge in [-0.15, -0.1) is 0 Å². The zero-order valence-electron chi connectivity index (χ0n) is 12.4. The first-order chi connectivity index (χ1) is 9.15. The van der Waals surface area contributed by atoms with Crippen LogP contribution in [0.15, 0.2) is 16.5 Å². The van der Waals surface area contributed by atoms with Gasteiger partial charge in [0.2, 0.25) is 0 Å². The van der Waals surface area contributed by atoms with Gasteiger partial charge in [-0.1, -0.05) is 6.92 Å². The Hall–Kier alpha value is -0.840. The molecule has 2 N–H and O–H groups in total. The molecule has 1 aromatic rings. The van der Waals surface area contributed by atoms with Crippen LogP contribution >= 0.6 is 0 Å². The molecule has 0 aliphatic carbocycles. The average molecular weight is 265 g/mol. The highest BCUT2D eigenvalue weighted by Gasteiger charge is 2.28. The van der Waals surface area contributed by atoms with E-state index in [0.717, 1.165) is 37.6 Å². The Kier molecular flexibility index (Phi) is 5.02. The van der Waals surface area contributed by atoms with Gasteiger partial charge in [0.15, 0.2) is 0 Å². The number of aryl methyl sites for hydroxylation is 1. The van der Waals surface area contributed by atoms with Crippen molar-refractivity contribution in [2.24, 2.45) is 5.73 Å². The summed E-state index contributed by atoms with van der Waals surface area (Å²) < 4.78 is 5.92. The van der Waals surface area contributed by atoms with E-state index in [9.17, 15) is 0 Å². The fourth-order valence-corrected chi connectivity index (χ4v) is 3.03. The number of likely N-dealkylation sites (N-methyl/N-ethyl adjacent to an activating group) is 1. The third kappa shape index (κ3) is 3.38. The molecule has 0 spiro atoms. The molecule has 2 heterocycles. The van der Waals surface area contributed by atoms with Crippen LogP contribution in [0.5, 0.6) is 0 Å². The molecule has 4 heteroatoms. The van der Waals surface area contributed by atoms with Crippen LogP contribution in [0.1, 0.15) is 37.8 Å². The second-order valence-corrected chi connectivity index (χ2v) is 5.61. The van der Waals surface area contributed by atoms with Crippen LogP contribution < -0.4 is 5.73 Å². The minimum Gasteiger partial charge on any atom is -0.464 e. The van der Waals surface area contributed by atoms with Crippen LogP contribution in [-0.2, 0) is 6.42 Å². The highest BCUT2D eigenvalue weighted by atomic mass is 16.3. The molecule has 1 aliphatic heterocycles. The van der Waals surface area contributed by atoms with Gasteiger partial charge in [-0.2, -0.15) is 0 Å². The number of rotatable bonds is 4. The average Bonchev–Trinajstić information content (AvgIpc) is 2.79. The molecule has 0 aromatic carbocycles. The van der Waals surface area contributed by atoms with Crippen LogP contribution in [0.3, 0.4) is 0 Å². The highest BCUT2D eigenvalue weighted by Crippen LogP contribution is 2.26. The smallest absolute Gasteiger partial charge is 0.122 e. The highest BCUT2D eigenvalue weighted by molar-refractivity contribution is 5.12. The van der Waals surface area contributed by atoms with Gasteiger partial charge < -0.3 is 15.1 Å². The first-order valence-electron chi connectivity index (χ1n) is 7.38. The molecule has 2 unspecified atom stereocenters. The fourth-order valence-electron chi connectivity index (χ4n) is 3.03. The van der Waals surface area contributed by atoms with E-state index < -0.39 is 0 Å². The second kappa shape index (κ2) is 6.55. The van der Waals surface area contributed by atoms with Gasteiger partial charge in [-0.3, -0.25) is 4.90 Å². The molecule has 2 rings (SSSR count). The number of hydrogen-bond donors (Lipinski definition) is 1. The monoisotopic (exact) mass is 265 g/mol. The van der Waals surface area contributed by atoms with Crippen molar-refractivity contribution in [3.8, 4) is 0 Å². The summed E-state index contributed by atoms with van der Waals surface area (Å²) in [5.74, 6) is 2.07. The Morgan fingerprint density at radius 3 is 2.84 bits per heavy atom. The van der Waals surface area contributed by atoms with E-state index in [1.54, 1.807) is 0 Å². The summed E-state index contributed by atoms with van der Waals surface area (Å²) in [5, 5.41) is 0. The van der Waals surface area contributed by atoms with Gasteiger partial charge in [0.1, 0.15) is 11.5 Å². The van der Waals surface area contributed by atoms with Crippen molar-refractivity contribution < 1.29 is 4.42 Å². The number of nitrogens with two attached hydrogens (primary N) is 1. The number of hydrogen-bond acceptors (Lipinski definition) is 4. The lowest BCUT2D eigenvalue weighted by Crippen LogP contribution is -2.42. The van der Waals surface area contributed by atoms with Crippen LogP contribution in [0, 0.1) is 0 Å². The van der Waals surface area contributed by atoms with Crippen molar-refractivity contribution in [2.45, 2.75) is 38.8 Å². The maximum atomic E-state index is 6.02. The minimum absolute atomic E-state index is 0.210. The third-order valence-electron chi connectivity index (χ3n) is 4.08. The van der Waals surface area contributed by atoms with Crippen molar-refractivity contribution in [3.63, 3.8) is 0 Å². The molecule has 19 heavy (non-hydrogen) atoms. The van der Waals surface area contributed by atoms with Crippen LogP contribution in [0.2, 0.25) is 0 Å². The lowest BCUT2D eigenvalue weighted by atomic mass is 10.1. The quantitative estimate of drug-likeness (QED) is 0.902. The minimum atomic E-state index is 0.210. The van der Waals surface area contributed by atoms with Gasteiger partial charge >= 0.3 is 0 Å². The Morgan fingerprint density at radius 2 is 2.21 bits per heavy atom. The SMILES string of the molecule is CCc1ccc(C(CN)N2CCCN(C)CC2C)o1. The molecule has 0 bridgehead atoms. The summed E-state index contributed by atoms with van der Waals surface area (Å²) in [6, 6.07) is 4.89. The van der Waals surface area contributed by atoms with Gasteiger partial charge in [0.25, 0.3) is 0 Å². The first-order valence-corrected chi connectivity index (χ1v) is 7.38.